The summed E-state index contributed by atoms with van der Waals surface area (Å²) in [6.45, 7) is 2.46. The van der Waals surface area contributed by atoms with E-state index >= 15 is 0 Å². The van der Waals surface area contributed by atoms with E-state index in [1.807, 2.05) is 13.0 Å². The molecule has 1 rings (SSSR count). The second kappa shape index (κ2) is 11.1. The van der Waals surface area contributed by atoms with Gasteiger partial charge in [0.25, 0.3) is 0 Å². The number of ether oxygens (including phenoxy) is 4. The van der Waals surface area contributed by atoms with Crippen molar-refractivity contribution in [1.29, 1.82) is 0 Å². The maximum absolute atomic E-state index is 11.2. The summed E-state index contributed by atoms with van der Waals surface area (Å²) in [5, 5.41) is 0. The Balaban J connectivity index is 2.60. The molecule has 0 aliphatic carbocycles. The van der Waals surface area contributed by atoms with Crippen LogP contribution in [0.5, 0.6) is 11.5 Å². The molecular formula is C19H26O6. The quantitative estimate of drug-likeness (QED) is 0.366. The highest BCUT2D eigenvalue weighted by atomic mass is 16.5. The van der Waals surface area contributed by atoms with Crippen molar-refractivity contribution in [3.8, 4) is 11.5 Å². The lowest BCUT2D eigenvalue weighted by molar-refractivity contribution is -0.140. The Hall–Kier alpha value is -2.50. The zero-order chi connectivity index (χ0) is 18.7. The normalized spacial score (nSPS) is 10.6. The molecule has 0 saturated carbocycles. The molecule has 0 amide bonds. The first-order valence-corrected chi connectivity index (χ1v) is 8.16. The van der Waals surface area contributed by atoms with Gasteiger partial charge in [0.1, 0.15) is 0 Å². The van der Waals surface area contributed by atoms with Gasteiger partial charge in [0.2, 0.25) is 0 Å². The molecule has 0 heterocycles. The van der Waals surface area contributed by atoms with Crippen LogP contribution >= 0.6 is 0 Å². The summed E-state index contributed by atoms with van der Waals surface area (Å²) in [6.07, 6.45) is 5.96. The largest absolute Gasteiger partial charge is 0.493 e. The first-order valence-electron chi connectivity index (χ1n) is 8.16. The lowest BCUT2D eigenvalue weighted by Crippen LogP contribution is -2.03. The molecule has 0 N–H and O–H groups in total. The fourth-order valence-electron chi connectivity index (χ4n) is 2.26. The van der Waals surface area contributed by atoms with Crippen LogP contribution in [0.3, 0.4) is 0 Å². The summed E-state index contributed by atoms with van der Waals surface area (Å²) in [5.74, 6) is 0.697. The van der Waals surface area contributed by atoms with Gasteiger partial charge in [-0.15, -0.1) is 0 Å². The van der Waals surface area contributed by atoms with Gasteiger partial charge in [-0.25, -0.2) is 4.79 Å². The van der Waals surface area contributed by atoms with E-state index in [1.165, 1.54) is 20.3 Å². The van der Waals surface area contributed by atoms with E-state index in [1.54, 1.807) is 19.3 Å². The fourth-order valence-corrected chi connectivity index (χ4v) is 2.26. The van der Waals surface area contributed by atoms with E-state index in [2.05, 4.69) is 9.47 Å². The van der Waals surface area contributed by atoms with Gasteiger partial charge in [0.05, 0.1) is 27.9 Å². The maximum Gasteiger partial charge on any atom is 0.330 e. The number of rotatable bonds is 10. The number of carbonyl (C=O) groups is 2. The Labute approximate surface area is 148 Å². The van der Waals surface area contributed by atoms with Gasteiger partial charge in [-0.05, 0) is 55.5 Å². The Morgan fingerprint density at radius 2 is 1.80 bits per heavy atom. The molecule has 0 bridgehead atoms. The fraction of sp³-hybridized carbons (Fsp3) is 0.474. The van der Waals surface area contributed by atoms with E-state index in [0.29, 0.717) is 24.5 Å². The predicted molar refractivity (Wildman–Crippen MR) is 94.8 cm³/mol. The van der Waals surface area contributed by atoms with Crippen molar-refractivity contribution in [2.45, 2.75) is 32.6 Å². The van der Waals surface area contributed by atoms with Crippen LogP contribution in [-0.2, 0) is 19.1 Å². The van der Waals surface area contributed by atoms with E-state index in [4.69, 9.17) is 9.47 Å². The van der Waals surface area contributed by atoms with Gasteiger partial charge in [0.15, 0.2) is 11.5 Å². The highest BCUT2D eigenvalue weighted by molar-refractivity contribution is 5.87. The van der Waals surface area contributed by atoms with E-state index < -0.39 is 5.97 Å². The third-order valence-electron chi connectivity index (χ3n) is 3.60. The summed E-state index contributed by atoms with van der Waals surface area (Å²) in [7, 11) is 4.30. The van der Waals surface area contributed by atoms with Gasteiger partial charge in [-0.3, -0.25) is 4.79 Å². The average Bonchev–Trinajstić information content (AvgIpc) is 2.62. The molecule has 0 aliphatic rings. The third-order valence-corrected chi connectivity index (χ3v) is 3.60. The minimum absolute atomic E-state index is 0.186. The van der Waals surface area contributed by atoms with E-state index in [-0.39, 0.29) is 5.97 Å². The van der Waals surface area contributed by atoms with Crippen LogP contribution < -0.4 is 9.47 Å². The molecule has 25 heavy (non-hydrogen) atoms. The average molecular weight is 350 g/mol. The Bertz CT molecular complexity index is 606. The predicted octanol–water partition coefficient (Wildman–Crippen LogP) is 3.30. The molecule has 0 spiro atoms. The van der Waals surface area contributed by atoms with Gasteiger partial charge in [-0.2, -0.15) is 0 Å². The van der Waals surface area contributed by atoms with Gasteiger partial charge in [0, 0.05) is 12.5 Å². The number of unbranched alkanes of at least 4 members (excludes halogenated alkanes) is 2. The van der Waals surface area contributed by atoms with Crippen molar-refractivity contribution >= 4 is 18.0 Å². The summed E-state index contributed by atoms with van der Waals surface area (Å²) in [4.78, 5) is 22.2. The molecule has 0 aromatic heterocycles. The van der Waals surface area contributed by atoms with Crippen LogP contribution in [0.15, 0.2) is 18.2 Å². The molecule has 0 radical (unpaired) electrons. The van der Waals surface area contributed by atoms with Crippen LogP contribution in [0.25, 0.3) is 6.08 Å². The second-order valence-corrected chi connectivity index (χ2v) is 5.46. The minimum Gasteiger partial charge on any atom is -0.493 e. The molecule has 0 unspecified atom stereocenters. The molecular weight excluding hydrogens is 324 g/mol. The summed E-state index contributed by atoms with van der Waals surface area (Å²) < 4.78 is 20.4. The lowest BCUT2D eigenvalue weighted by atomic mass is 10.1. The van der Waals surface area contributed by atoms with Crippen molar-refractivity contribution < 1.29 is 28.5 Å². The van der Waals surface area contributed by atoms with Crippen molar-refractivity contribution in [2.24, 2.45) is 0 Å². The molecule has 6 heteroatoms. The minimum atomic E-state index is -0.413. The van der Waals surface area contributed by atoms with Crippen LogP contribution in [0.1, 0.15) is 36.8 Å². The lowest BCUT2D eigenvalue weighted by Gasteiger charge is -2.14. The third kappa shape index (κ3) is 7.28. The molecule has 0 aliphatic heterocycles. The van der Waals surface area contributed by atoms with Gasteiger partial charge < -0.3 is 18.9 Å². The molecule has 0 fully saturated rings. The number of methoxy groups -OCH3 is 3. The standard InChI is InChI=1S/C19H26O6/c1-14-12-15(9-10-18(21)24-4)13-16(22-2)19(14)25-11-7-5-6-8-17(20)23-3/h9-10,12-13H,5-8,11H2,1-4H3/b10-9+. The first kappa shape index (κ1) is 20.5. The van der Waals surface area contributed by atoms with Crippen molar-refractivity contribution in [1.82, 2.24) is 0 Å². The zero-order valence-corrected chi connectivity index (χ0v) is 15.3. The number of hydrogen-bond acceptors (Lipinski definition) is 6. The number of hydrogen-bond donors (Lipinski definition) is 0. The van der Waals surface area contributed by atoms with Crippen LogP contribution in [-0.4, -0.2) is 39.9 Å². The molecule has 1 aromatic rings. The van der Waals surface area contributed by atoms with Gasteiger partial charge in [-0.1, -0.05) is 0 Å². The number of aryl methyl sites for hydroxylation is 1. The maximum atomic E-state index is 11.2. The van der Waals surface area contributed by atoms with Crippen LogP contribution in [0.2, 0.25) is 0 Å². The zero-order valence-electron chi connectivity index (χ0n) is 15.3. The smallest absolute Gasteiger partial charge is 0.330 e. The highest BCUT2D eigenvalue weighted by Gasteiger charge is 2.10. The molecule has 1 aromatic carbocycles. The summed E-state index contributed by atoms with van der Waals surface area (Å²) in [6, 6.07) is 3.72. The molecule has 6 nitrogen and oxygen atoms in total. The number of esters is 2. The van der Waals surface area contributed by atoms with Crippen molar-refractivity contribution in [3.63, 3.8) is 0 Å². The topological polar surface area (TPSA) is 71.1 Å². The van der Waals surface area contributed by atoms with E-state index in [0.717, 1.165) is 30.4 Å². The molecule has 0 atom stereocenters. The first-order chi connectivity index (χ1) is 12.0. The second-order valence-electron chi connectivity index (χ2n) is 5.46. The van der Waals surface area contributed by atoms with Crippen molar-refractivity contribution in [3.05, 3.63) is 29.3 Å². The van der Waals surface area contributed by atoms with Crippen LogP contribution in [0, 0.1) is 6.92 Å². The monoisotopic (exact) mass is 350 g/mol. The summed E-state index contributed by atoms with van der Waals surface area (Å²) in [5.41, 5.74) is 1.74. The van der Waals surface area contributed by atoms with Crippen molar-refractivity contribution in [2.75, 3.05) is 27.9 Å². The van der Waals surface area contributed by atoms with Gasteiger partial charge >= 0.3 is 11.9 Å². The van der Waals surface area contributed by atoms with E-state index in [9.17, 15) is 9.59 Å². The highest BCUT2D eigenvalue weighted by Crippen LogP contribution is 2.33. The SMILES string of the molecule is COC(=O)/C=C/c1cc(C)c(OCCCCCC(=O)OC)c(OC)c1. The number of carbonyl (C=O) groups excluding carboxylic acids is 2. The Morgan fingerprint density at radius 3 is 2.44 bits per heavy atom. The molecule has 138 valence electrons. The summed E-state index contributed by atoms with van der Waals surface area (Å²) >= 11 is 0. The Morgan fingerprint density at radius 1 is 1.04 bits per heavy atom. The number of benzene rings is 1. The molecule has 0 saturated heterocycles. The van der Waals surface area contributed by atoms with Crippen LogP contribution in [0.4, 0.5) is 0 Å². The Kier molecular flexibility index (Phi) is 9.14.